The monoisotopic (exact) mass is 244 g/mol. The highest BCUT2D eigenvalue weighted by Gasteiger charge is 2.05. The number of nitrogens with zero attached hydrogens (tertiary/aromatic N) is 3. The van der Waals surface area contributed by atoms with Gasteiger partial charge in [0.25, 0.3) is 0 Å². The molecule has 17 heavy (non-hydrogen) atoms. The number of rotatable bonds is 2. The fourth-order valence-electron chi connectivity index (χ4n) is 1.63. The van der Waals surface area contributed by atoms with E-state index in [0.717, 1.165) is 22.2 Å². The Morgan fingerprint density at radius 1 is 1.18 bits per heavy atom. The fourth-order valence-corrected chi connectivity index (χ4v) is 2.44. The summed E-state index contributed by atoms with van der Waals surface area (Å²) in [6.07, 6.45) is 0. The Labute approximate surface area is 103 Å². The summed E-state index contributed by atoms with van der Waals surface area (Å²) in [7, 11) is 0. The molecule has 1 N–H and O–H groups in total. The van der Waals surface area contributed by atoms with Gasteiger partial charge in [-0.3, -0.25) is 0 Å². The summed E-state index contributed by atoms with van der Waals surface area (Å²) >= 11 is 1.50. The number of aromatic nitrogens is 3. The van der Waals surface area contributed by atoms with Crippen LogP contribution < -0.4 is 5.32 Å². The molecule has 0 saturated carbocycles. The number of hydrogen-bond acceptors (Lipinski definition) is 4. The molecule has 0 aliphatic carbocycles. The van der Waals surface area contributed by atoms with E-state index in [-0.39, 0.29) is 0 Å². The summed E-state index contributed by atoms with van der Waals surface area (Å²) in [5, 5.41) is 8.45. The summed E-state index contributed by atoms with van der Waals surface area (Å²) in [4.78, 5) is 4.46. The maximum atomic E-state index is 4.46. The van der Waals surface area contributed by atoms with Crippen LogP contribution in [0.25, 0.3) is 5.65 Å². The molecule has 0 amide bonds. The number of anilines is 2. The molecule has 2 heterocycles. The van der Waals surface area contributed by atoms with Gasteiger partial charge in [0.1, 0.15) is 0 Å². The molecule has 0 spiro atoms. The molecular weight excluding hydrogens is 232 g/mol. The summed E-state index contributed by atoms with van der Waals surface area (Å²) < 4.78 is 1.83. The highest BCUT2D eigenvalue weighted by Crippen LogP contribution is 2.21. The third-order valence-electron chi connectivity index (χ3n) is 2.47. The van der Waals surface area contributed by atoms with E-state index in [0.29, 0.717) is 0 Å². The van der Waals surface area contributed by atoms with Gasteiger partial charge in [0.15, 0.2) is 5.65 Å². The third-order valence-corrected chi connectivity index (χ3v) is 3.28. The zero-order chi connectivity index (χ0) is 11.8. The Morgan fingerprint density at radius 3 is 2.65 bits per heavy atom. The Bertz CT molecular complexity index is 619. The van der Waals surface area contributed by atoms with Crippen LogP contribution in [0.4, 0.5) is 10.8 Å². The average Bonchev–Trinajstić information content (AvgIpc) is 2.78. The normalized spacial score (nSPS) is 10.9. The van der Waals surface area contributed by atoms with Crippen LogP contribution in [0.15, 0.2) is 30.3 Å². The molecule has 4 nitrogen and oxygen atoms in total. The number of aryl methyl sites for hydroxylation is 2. The molecule has 2 aromatic heterocycles. The first kappa shape index (κ1) is 10.3. The van der Waals surface area contributed by atoms with E-state index in [1.54, 1.807) is 0 Å². The van der Waals surface area contributed by atoms with Crippen molar-refractivity contribution in [1.29, 1.82) is 0 Å². The van der Waals surface area contributed by atoms with Gasteiger partial charge in [-0.2, -0.15) is 14.0 Å². The van der Waals surface area contributed by atoms with E-state index in [1.165, 1.54) is 17.1 Å². The van der Waals surface area contributed by atoms with Crippen molar-refractivity contribution in [3.8, 4) is 0 Å². The van der Waals surface area contributed by atoms with Gasteiger partial charge in [0.05, 0.1) is 5.69 Å². The van der Waals surface area contributed by atoms with Crippen molar-refractivity contribution in [2.24, 2.45) is 0 Å². The second-order valence-corrected chi connectivity index (χ2v) is 4.93. The lowest BCUT2D eigenvalue weighted by molar-refractivity contribution is 1.02. The van der Waals surface area contributed by atoms with Gasteiger partial charge in [-0.1, -0.05) is 17.7 Å². The van der Waals surface area contributed by atoms with Crippen molar-refractivity contribution < 1.29 is 0 Å². The van der Waals surface area contributed by atoms with Crippen LogP contribution in [-0.2, 0) is 0 Å². The van der Waals surface area contributed by atoms with Gasteiger partial charge in [-0.15, -0.1) is 0 Å². The first-order chi connectivity index (χ1) is 8.20. The lowest BCUT2D eigenvalue weighted by atomic mass is 10.2. The minimum Gasteiger partial charge on any atom is -0.330 e. The zero-order valence-corrected chi connectivity index (χ0v) is 10.5. The lowest BCUT2D eigenvalue weighted by Crippen LogP contribution is -1.88. The van der Waals surface area contributed by atoms with Crippen LogP contribution in [0.3, 0.4) is 0 Å². The number of hydrogen-bond donors (Lipinski definition) is 1. The molecule has 0 unspecified atom stereocenters. The summed E-state index contributed by atoms with van der Waals surface area (Å²) in [5.41, 5.74) is 4.18. The Hall–Kier alpha value is -1.88. The molecule has 1 aromatic carbocycles. The third kappa shape index (κ3) is 2.01. The van der Waals surface area contributed by atoms with E-state index < -0.39 is 0 Å². The van der Waals surface area contributed by atoms with Crippen LogP contribution in [-0.4, -0.2) is 14.0 Å². The fraction of sp³-hybridized carbons (Fsp3) is 0.167. The van der Waals surface area contributed by atoms with Crippen molar-refractivity contribution in [3.63, 3.8) is 0 Å². The van der Waals surface area contributed by atoms with Crippen LogP contribution >= 0.6 is 11.5 Å². The minimum atomic E-state index is 0.858. The standard InChI is InChI=1S/C12H12N4S/c1-8-3-5-10(6-4-8)13-12-14-11-7-9(2)15-16(11)17-12/h3-7H,1-2H3,(H,13,14). The topological polar surface area (TPSA) is 42.2 Å². The highest BCUT2D eigenvalue weighted by atomic mass is 32.1. The van der Waals surface area contributed by atoms with Crippen molar-refractivity contribution in [1.82, 2.24) is 14.0 Å². The summed E-state index contributed by atoms with van der Waals surface area (Å²) in [5.74, 6) is 0. The maximum Gasteiger partial charge on any atom is 0.207 e. The second kappa shape index (κ2) is 3.85. The summed E-state index contributed by atoms with van der Waals surface area (Å²) in [6.45, 7) is 4.04. The van der Waals surface area contributed by atoms with Gasteiger partial charge >= 0.3 is 0 Å². The number of nitrogens with one attached hydrogen (secondary N) is 1. The second-order valence-electron chi connectivity index (χ2n) is 4.02. The molecule has 0 radical (unpaired) electrons. The van der Waals surface area contributed by atoms with E-state index in [2.05, 4.69) is 34.5 Å². The van der Waals surface area contributed by atoms with E-state index in [4.69, 9.17) is 0 Å². The quantitative estimate of drug-likeness (QED) is 0.753. The SMILES string of the molecule is Cc1ccc(Nc2nc3cc(C)nn3s2)cc1. The largest absolute Gasteiger partial charge is 0.330 e. The Morgan fingerprint density at radius 2 is 1.94 bits per heavy atom. The number of benzene rings is 1. The molecule has 0 bridgehead atoms. The molecule has 86 valence electrons. The van der Waals surface area contributed by atoms with Crippen LogP contribution in [0, 0.1) is 13.8 Å². The lowest BCUT2D eigenvalue weighted by Gasteiger charge is -2.01. The first-order valence-electron chi connectivity index (χ1n) is 5.38. The molecule has 3 rings (SSSR count). The molecule has 0 atom stereocenters. The van der Waals surface area contributed by atoms with Crippen molar-refractivity contribution in [2.45, 2.75) is 13.8 Å². The maximum absolute atomic E-state index is 4.46. The van der Waals surface area contributed by atoms with Crippen LogP contribution in [0.5, 0.6) is 0 Å². The van der Waals surface area contributed by atoms with Crippen molar-refractivity contribution in [2.75, 3.05) is 5.32 Å². The van der Waals surface area contributed by atoms with Gasteiger partial charge in [0, 0.05) is 23.3 Å². The van der Waals surface area contributed by atoms with E-state index >= 15 is 0 Å². The van der Waals surface area contributed by atoms with E-state index in [9.17, 15) is 0 Å². The molecule has 0 saturated heterocycles. The molecular formula is C12H12N4S. The van der Waals surface area contributed by atoms with Gasteiger partial charge in [-0.05, 0) is 26.0 Å². The van der Waals surface area contributed by atoms with E-state index in [1.807, 2.05) is 29.0 Å². The van der Waals surface area contributed by atoms with Gasteiger partial charge in [0.2, 0.25) is 5.13 Å². The Kier molecular flexibility index (Phi) is 2.33. The van der Waals surface area contributed by atoms with Crippen molar-refractivity contribution in [3.05, 3.63) is 41.6 Å². The first-order valence-corrected chi connectivity index (χ1v) is 6.15. The molecule has 0 fully saturated rings. The predicted molar refractivity (Wildman–Crippen MR) is 70.1 cm³/mol. The Balaban J connectivity index is 1.89. The predicted octanol–water partition coefficient (Wildman–Crippen LogP) is 3.15. The zero-order valence-electron chi connectivity index (χ0n) is 9.64. The molecule has 0 aliphatic rings. The minimum absolute atomic E-state index is 0.858. The average molecular weight is 244 g/mol. The van der Waals surface area contributed by atoms with Crippen LogP contribution in [0.1, 0.15) is 11.3 Å². The van der Waals surface area contributed by atoms with Gasteiger partial charge in [-0.25, -0.2) is 0 Å². The molecule has 5 heteroatoms. The highest BCUT2D eigenvalue weighted by molar-refractivity contribution is 7.10. The number of fused-ring (bicyclic) bond motifs is 1. The van der Waals surface area contributed by atoms with Crippen molar-refractivity contribution >= 4 is 28.0 Å². The van der Waals surface area contributed by atoms with Gasteiger partial charge < -0.3 is 5.32 Å². The van der Waals surface area contributed by atoms with Crippen LogP contribution in [0.2, 0.25) is 0 Å². The molecule has 0 aliphatic heterocycles. The summed E-state index contributed by atoms with van der Waals surface area (Å²) in [6, 6.07) is 10.2. The smallest absolute Gasteiger partial charge is 0.207 e. The molecule has 3 aromatic rings.